The summed E-state index contributed by atoms with van der Waals surface area (Å²) in [5.74, 6) is 1.60. The van der Waals surface area contributed by atoms with Gasteiger partial charge in [-0.1, -0.05) is 27.7 Å². The fraction of sp³-hybridized carbons (Fsp3) is 1.00. The molecule has 0 bridgehead atoms. The Hall–Kier alpha value is -0.0800. The second kappa shape index (κ2) is 6.38. The van der Waals surface area contributed by atoms with Gasteiger partial charge in [0.2, 0.25) is 0 Å². The van der Waals surface area contributed by atoms with Crippen LogP contribution in [0.15, 0.2) is 0 Å². The van der Waals surface area contributed by atoms with Gasteiger partial charge < -0.3 is 5.32 Å². The van der Waals surface area contributed by atoms with Gasteiger partial charge in [-0.3, -0.25) is 4.90 Å². The first-order chi connectivity index (χ1) is 8.58. The second-order valence-corrected chi connectivity index (χ2v) is 7.15. The molecule has 2 fully saturated rings. The topological polar surface area (TPSA) is 15.3 Å². The van der Waals surface area contributed by atoms with Crippen LogP contribution in [0.3, 0.4) is 0 Å². The van der Waals surface area contributed by atoms with Gasteiger partial charge in [-0.15, -0.1) is 0 Å². The number of nitrogens with zero attached hydrogens (tertiary/aromatic N) is 1. The molecule has 0 heterocycles. The Bertz CT molecular complexity index is 231. The van der Waals surface area contributed by atoms with E-state index in [1.54, 1.807) is 0 Å². The van der Waals surface area contributed by atoms with Crippen LogP contribution in [0.1, 0.15) is 59.8 Å². The predicted octanol–water partition coefficient (Wildman–Crippen LogP) is 3.27. The van der Waals surface area contributed by atoms with Gasteiger partial charge in [0.15, 0.2) is 0 Å². The van der Waals surface area contributed by atoms with Crippen molar-refractivity contribution in [1.29, 1.82) is 0 Å². The molecule has 18 heavy (non-hydrogen) atoms. The van der Waals surface area contributed by atoms with E-state index in [0.717, 1.165) is 30.0 Å². The predicted molar refractivity (Wildman–Crippen MR) is 78.8 cm³/mol. The van der Waals surface area contributed by atoms with E-state index in [4.69, 9.17) is 0 Å². The van der Waals surface area contributed by atoms with Gasteiger partial charge in [0.25, 0.3) is 0 Å². The van der Waals surface area contributed by atoms with Gasteiger partial charge in [-0.05, 0) is 50.5 Å². The zero-order valence-electron chi connectivity index (χ0n) is 12.8. The van der Waals surface area contributed by atoms with Crippen LogP contribution in [0.5, 0.6) is 0 Å². The molecule has 2 aliphatic rings. The first kappa shape index (κ1) is 14.3. The highest BCUT2D eigenvalue weighted by molar-refractivity contribution is 4.92. The van der Waals surface area contributed by atoms with E-state index in [-0.39, 0.29) is 0 Å². The average Bonchev–Trinajstić information content (AvgIpc) is 3.14. The monoisotopic (exact) mass is 252 g/mol. The number of hydrogen-bond donors (Lipinski definition) is 1. The van der Waals surface area contributed by atoms with Crippen LogP contribution >= 0.6 is 0 Å². The molecule has 0 aromatic carbocycles. The summed E-state index contributed by atoms with van der Waals surface area (Å²) in [6, 6.07) is 2.49. The lowest BCUT2D eigenvalue weighted by Crippen LogP contribution is -2.47. The molecule has 0 aliphatic heterocycles. The quantitative estimate of drug-likeness (QED) is 0.677. The Labute approximate surface area is 114 Å². The van der Waals surface area contributed by atoms with Crippen LogP contribution < -0.4 is 5.32 Å². The number of rotatable bonds is 9. The van der Waals surface area contributed by atoms with E-state index in [0.29, 0.717) is 0 Å². The van der Waals surface area contributed by atoms with Crippen LogP contribution in [0.2, 0.25) is 0 Å². The highest BCUT2D eigenvalue weighted by Gasteiger charge is 2.35. The average molecular weight is 252 g/mol. The minimum atomic E-state index is 0.747. The molecule has 1 atom stereocenters. The summed E-state index contributed by atoms with van der Waals surface area (Å²) in [7, 11) is 0. The molecule has 2 saturated carbocycles. The molecule has 0 aromatic heterocycles. The molecule has 2 aliphatic carbocycles. The van der Waals surface area contributed by atoms with Crippen molar-refractivity contribution in [3.63, 3.8) is 0 Å². The van der Waals surface area contributed by atoms with Crippen molar-refractivity contribution in [2.75, 3.05) is 13.1 Å². The van der Waals surface area contributed by atoms with E-state index >= 15 is 0 Å². The SMILES string of the molecule is CC(C)CCN(C1CC1)C(CNC1CC1)C(C)C. The maximum Gasteiger partial charge on any atom is 0.0246 e. The maximum absolute atomic E-state index is 3.75. The molecule has 1 N–H and O–H groups in total. The Morgan fingerprint density at radius 3 is 2.17 bits per heavy atom. The first-order valence-electron chi connectivity index (χ1n) is 8.07. The molecule has 0 spiro atoms. The molecule has 0 radical (unpaired) electrons. The van der Waals surface area contributed by atoms with Crippen molar-refractivity contribution >= 4 is 0 Å². The third-order valence-corrected chi connectivity index (χ3v) is 4.37. The second-order valence-electron chi connectivity index (χ2n) is 7.15. The van der Waals surface area contributed by atoms with Crippen molar-refractivity contribution in [3.05, 3.63) is 0 Å². The molecule has 0 saturated heterocycles. The summed E-state index contributed by atoms with van der Waals surface area (Å²) in [6.45, 7) is 12.0. The maximum atomic E-state index is 3.75. The number of nitrogens with one attached hydrogen (secondary N) is 1. The van der Waals surface area contributed by atoms with E-state index in [1.165, 1.54) is 45.2 Å². The fourth-order valence-corrected chi connectivity index (χ4v) is 2.74. The van der Waals surface area contributed by atoms with Crippen LogP contribution in [-0.4, -0.2) is 36.1 Å². The van der Waals surface area contributed by atoms with Crippen molar-refractivity contribution in [1.82, 2.24) is 10.2 Å². The standard InChI is InChI=1S/C16H32N2/c1-12(2)9-10-18(15-7-8-15)16(13(3)4)11-17-14-5-6-14/h12-17H,5-11H2,1-4H3. The molecule has 2 rings (SSSR count). The summed E-state index contributed by atoms with van der Waals surface area (Å²) < 4.78 is 0. The summed E-state index contributed by atoms with van der Waals surface area (Å²) >= 11 is 0. The minimum Gasteiger partial charge on any atom is -0.312 e. The summed E-state index contributed by atoms with van der Waals surface area (Å²) in [5.41, 5.74) is 0. The van der Waals surface area contributed by atoms with Gasteiger partial charge in [0.05, 0.1) is 0 Å². The summed E-state index contributed by atoms with van der Waals surface area (Å²) in [4.78, 5) is 2.82. The van der Waals surface area contributed by atoms with Crippen LogP contribution in [-0.2, 0) is 0 Å². The van der Waals surface area contributed by atoms with Crippen LogP contribution in [0, 0.1) is 11.8 Å². The third-order valence-electron chi connectivity index (χ3n) is 4.37. The molecule has 0 aromatic rings. The Balaban J connectivity index is 1.85. The summed E-state index contributed by atoms with van der Waals surface area (Å²) in [5, 5.41) is 3.75. The van der Waals surface area contributed by atoms with Gasteiger partial charge in [-0.2, -0.15) is 0 Å². The Morgan fingerprint density at radius 2 is 1.72 bits per heavy atom. The van der Waals surface area contributed by atoms with Crippen molar-refractivity contribution < 1.29 is 0 Å². The Morgan fingerprint density at radius 1 is 1.06 bits per heavy atom. The van der Waals surface area contributed by atoms with E-state index in [2.05, 4.69) is 37.9 Å². The lowest BCUT2D eigenvalue weighted by molar-refractivity contribution is 0.135. The largest absolute Gasteiger partial charge is 0.312 e. The minimum absolute atomic E-state index is 0.747. The van der Waals surface area contributed by atoms with E-state index < -0.39 is 0 Å². The summed E-state index contributed by atoms with van der Waals surface area (Å²) in [6.07, 6.45) is 7.03. The zero-order chi connectivity index (χ0) is 13.1. The van der Waals surface area contributed by atoms with Gasteiger partial charge >= 0.3 is 0 Å². The molecule has 0 amide bonds. The van der Waals surface area contributed by atoms with Crippen molar-refractivity contribution in [2.45, 2.75) is 77.9 Å². The van der Waals surface area contributed by atoms with Crippen LogP contribution in [0.25, 0.3) is 0 Å². The lowest BCUT2D eigenvalue weighted by atomic mass is 10.0. The van der Waals surface area contributed by atoms with E-state index in [9.17, 15) is 0 Å². The molecule has 2 nitrogen and oxygen atoms in total. The van der Waals surface area contributed by atoms with Gasteiger partial charge in [-0.25, -0.2) is 0 Å². The molecule has 2 heteroatoms. The lowest BCUT2D eigenvalue weighted by Gasteiger charge is -2.35. The van der Waals surface area contributed by atoms with Crippen molar-refractivity contribution in [2.24, 2.45) is 11.8 Å². The van der Waals surface area contributed by atoms with Crippen LogP contribution in [0.4, 0.5) is 0 Å². The molecular formula is C16H32N2. The molecular weight excluding hydrogens is 220 g/mol. The smallest absolute Gasteiger partial charge is 0.0246 e. The first-order valence-corrected chi connectivity index (χ1v) is 8.07. The van der Waals surface area contributed by atoms with Gasteiger partial charge in [0.1, 0.15) is 0 Å². The normalized spacial score (nSPS) is 22.2. The molecule has 106 valence electrons. The Kier molecular flexibility index (Phi) is 5.08. The fourth-order valence-electron chi connectivity index (χ4n) is 2.74. The van der Waals surface area contributed by atoms with E-state index in [1.807, 2.05) is 0 Å². The molecule has 1 unspecified atom stereocenters. The number of hydrogen-bond acceptors (Lipinski definition) is 2. The highest BCUT2D eigenvalue weighted by atomic mass is 15.2. The van der Waals surface area contributed by atoms with Gasteiger partial charge in [0, 0.05) is 24.7 Å². The van der Waals surface area contributed by atoms with Crippen molar-refractivity contribution in [3.8, 4) is 0 Å². The third kappa shape index (κ3) is 4.55. The highest BCUT2D eigenvalue weighted by Crippen LogP contribution is 2.31. The zero-order valence-corrected chi connectivity index (χ0v) is 12.8.